The molecule has 0 radical (unpaired) electrons. The molecule has 1 amide bonds. The van der Waals surface area contributed by atoms with Gasteiger partial charge in [-0.25, -0.2) is 0 Å². The molecule has 0 fully saturated rings. The summed E-state index contributed by atoms with van der Waals surface area (Å²) in [4.78, 5) is 11.9. The number of tetrazole rings is 1. The van der Waals surface area contributed by atoms with Crippen LogP contribution in [-0.4, -0.2) is 44.3 Å². The van der Waals surface area contributed by atoms with Gasteiger partial charge in [0.1, 0.15) is 0 Å². The molecule has 0 aliphatic heterocycles. The molecule has 2 aromatic rings. The van der Waals surface area contributed by atoms with Crippen LogP contribution in [-0.2, 0) is 0 Å². The highest BCUT2D eigenvalue weighted by molar-refractivity contribution is 5.94. The summed E-state index contributed by atoms with van der Waals surface area (Å²) in [7, 11) is 0. The minimum absolute atomic E-state index is 0.0663. The van der Waals surface area contributed by atoms with Crippen molar-refractivity contribution in [2.24, 2.45) is 0 Å². The van der Waals surface area contributed by atoms with Crippen LogP contribution in [0.5, 0.6) is 0 Å². The van der Waals surface area contributed by atoms with Crippen LogP contribution in [0.1, 0.15) is 23.7 Å². The average Bonchev–Trinajstić information content (AvgIpc) is 2.99. The van der Waals surface area contributed by atoms with E-state index in [0.717, 1.165) is 5.56 Å². The number of hydrogen-bond acceptors (Lipinski definition) is 5. The smallest absolute Gasteiger partial charge is 0.251 e. The van der Waals surface area contributed by atoms with Gasteiger partial charge in [0.2, 0.25) is 5.82 Å². The summed E-state index contributed by atoms with van der Waals surface area (Å²) in [5.74, 6) is 0.273. The van der Waals surface area contributed by atoms with E-state index in [1.165, 1.54) is 0 Å². The Morgan fingerprint density at radius 2 is 2.16 bits per heavy atom. The SMILES string of the molecule is CC[C@H](CO)NC(=O)c1ccc(-c2nn[nH]n2)cc1. The predicted octanol–water partition coefficient (Wildman–Crippen LogP) is 0.367. The van der Waals surface area contributed by atoms with Crippen LogP contribution in [0.4, 0.5) is 0 Å². The number of aliphatic hydroxyl groups excluding tert-OH is 1. The van der Waals surface area contributed by atoms with Gasteiger partial charge < -0.3 is 10.4 Å². The molecule has 0 saturated heterocycles. The molecule has 0 saturated carbocycles. The molecule has 7 heteroatoms. The maximum Gasteiger partial charge on any atom is 0.251 e. The Balaban J connectivity index is 2.08. The Bertz CT molecular complexity index is 520. The number of amides is 1. The summed E-state index contributed by atoms with van der Waals surface area (Å²) in [5.41, 5.74) is 1.30. The number of nitrogens with zero attached hydrogens (tertiary/aromatic N) is 3. The van der Waals surface area contributed by atoms with Gasteiger partial charge in [0.25, 0.3) is 5.91 Å². The molecule has 7 nitrogen and oxygen atoms in total. The molecule has 1 aromatic heterocycles. The Morgan fingerprint density at radius 3 is 2.68 bits per heavy atom. The topological polar surface area (TPSA) is 104 Å². The Kier molecular flexibility index (Phi) is 4.19. The van der Waals surface area contributed by atoms with Crippen LogP contribution in [0.3, 0.4) is 0 Å². The summed E-state index contributed by atoms with van der Waals surface area (Å²) >= 11 is 0. The highest BCUT2D eigenvalue weighted by atomic mass is 16.3. The molecule has 1 heterocycles. The van der Waals surface area contributed by atoms with E-state index in [2.05, 4.69) is 25.9 Å². The van der Waals surface area contributed by atoms with Crippen molar-refractivity contribution < 1.29 is 9.90 Å². The van der Waals surface area contributed by atoms with E-state index >= 15 is 0 Å². The monoisotopic (exact) mass is 261 g/mol. The van der Waals surface area contributed by atoms with Crippen LogP contribution >= 0.6 is 0 Å². The lowest BCUT2D eigenvalue weighted by molar-refractivity contribution is 0.0915. The van der Waals surface area contributed by atoms with E-state index in [9.17, 15) is 4.79 Å². The Morgan fingerprint density at radius 1 is 1.42 bits per heavy atom. The van der Waals surface area contributed by atoms with Gasteiger partial charge in [-0.3, -0.25) is 4.79 Å². The molecule has 0 spiro atoms. The van der Waals surface area contributed by atoms with Crippen molar-refractivity contribution in [3.8, 4) is 11.4 Å². The molecule has 0 aliphatic carbocycles. The molecule has 2 rings (SSSR count). The van der Waals surface area contributed by atoms with Crippen molar-refractivity contribution in [3.05, 3.63) is 29.8 Å². The molecular formula is C12H15N5O2. The maximum absolute atomic E-state index is 11.9. The fourth-order valence-electron chi connectivity index (χ4n) is 1.60. The first-order chi connectivity index (χ1) is 9.24. The third-order valence-electron chi connectivity index (χ3n) is 2.80. The van der Waals surface area contributed by atoms with Crippen molar-refractivity contribution in [3.63, 3.8) is 0 Å². The zero-order valence-electron chi connectivity index (χ0n) is 10.5. The minimum atomic E-state index is -0.218. The first kappa shape index (κ1) is 13.2. The van der Waals surface area contributed by atoms with Crippen molar-refractivity contribution >= 4 is 5.91 Å². The third-order valence-corrected chi connectivity index (χ3v) is 2.80. The maximum atomic E-state index is 11.9. The second-order valence-corrected chi connectivity index (χ2v) is 4.07. The molecule has 1 atom stereocenters. The fraction of sp³-hybridized carbons (Fsp3) is 0.333. The number of hydrogen-bond donors (Lipinski definition) is 3. The highest BCUT2D eigenvalue weighted by Crippen LogP contribution is 2.14. The van der Waals surface area contributed by atoms with Gasteiger partial charge in [0, 0.05) is 11.1 Å². The normalized spacial score (nSPS) is 12.1. The van der Waals surface area contributed by atoms with Gasteiger partial charge in [-0.15, -0.1) is 10.2 Å². The van der Waals surface area contributed by atoms with Crippen molar-refractivity contribution in [1.82, 2.24) is 25.9 Å². The van der Waals surface area contributed by atoms with Crippen molar-refractivity contribution in [1.29, 1.82) is 0 Å². The molecule has 3 N–H and O–H groups in total. The number of nitrogens with one attached hydrogen (secondary N) is 2. The van der Waals surface area contributed by atoms with E-state index < -0.39 is 0 Å². The molecule has 19 heavy (non-hydrogen) atoms. The largest absolute Gasteiger partial charge is 0.394 e. The van der Waals surface area contributed by atoms with Gasteiger partial charge in [0.05, 0.1) is 12.6 Å². The number of carbonyl (C=O) groups is 1. The molecule has 0 aliphatic rings. The van der Waals surface area contributed by atoms with Crippen LogP contribution in [0, 0.1) is 0 Å². The van der Waals surface area contributed by atoms with Crippen LogP contribution in [0.2, 0.25) is 0 Å². The average molecular weight is 261 g/mol. The molecule has 100 valence electrons. The number of aromatic amines is 1. The van der Waals surface area contributed by atoms with Gasteiger partial charge in [-0.2, -0.15) is 5.21 Å². The lowest BCUT2D eigenvalue weighted by Gasteiger charge is -2.13. The van der Waals surface area contributed by atoms with E-state index in [-0.39, 0.29) is 18.6 Å². The van der Waals surface area contributed by atoms with Gasteiger partial charge in [0.15, 0.2) is 0 Å². The second kappa shape index (κ2) is 6.05. The number of benzene rings is 1. The Hall–Kier alpha value is -2.28. The molecule has 1 aromatic carbocycles. The van der Waals surface area contributed by atoms with Crippen LogP contribution < -0.4 is 5.32 Å². The molecular weight excluding hydrogens is 246 g/mol. The zero-order valence-corrected chi connectivity index (χ0v) is 10.5. The van der Waals surface area contributed by atoms with E-state index in [0.29, 0.717) is 17.8 Å². The first-order valence-corrected chi connectivity index (χ1v) is 6.00. The third kappa shape index (κ3) is 3.14. The number of H-pyrrole nitrogens is 1. The van der Waals surface area contributed by atoms with Gasteiger partial charge in [-0.05, 0) is 23.8 Å². The zero-order chi connectivity index (χ0) is 13.7. The summed E-state index contributed by atoms with van der Waals surface area (Å²) in [6, 6.07) is 6.65. The van der Waals surface area contributed by atoms with Crippen LogP contribution in [0.25, 0.3) is 11.4 Å². The number of aliphatic hydroxyl groups is 1. The standard InChI is InChI=1S/C12H15N5O2/c1-2-10(7-18)13-12(19)9-5-3-8(4-6-9)11-14-16-17-15-11/h3-6,10,18H,2,7H2,1H3,(H,13,19)(H,14,15,16,17)/t10-/m1/s1. The highest BCUT2D eigenvalue weighted by Gasteiger charge is 2.11. The second-order valence-electron chi connectivity index (χ2n) is 4.07. The first-order valence-electron chi connectivity index (χ1n) is 6.00. The lowest BCUT2D eigenvalue weighted by atomic mass is 10.1. The predicted molar refractivity (Wildman–Crippen MR) is 68.2 cm³/mol. The summed E-state index contributed by atoms with van der Waals surface area (Å²) in [5, 5.41) is 25.4. The van der Waals surface area contributed by atoms with E-state index in [1.54, 1.807) is 24.3 Å². The number of aromatic nitrogens is 4. The number of rotatable bonds is 5. The molecule has 0 unspecified atom stereocenters. The Labute approximate surface area is 110 Å². The van der Waals surface area contributed by atoms with Gasteiger partial charge >= 0.3 is 0 Å². The fourth-order valence-corrected chi connectivity index (χ4v) is 1.60. The van der Waals surface area contributed by atoms with Crippen molar-refractivity contribution in [2.75, 3.05) is 6.61 Å². The summed E-state index contributed by atoms with van der Waals surface area (Å²) in [6.07, 6.45) is 0.684. The summed E-state index contributed by atoms with van der Waals surface area (Å²) < 4.78 is 0. The van der Waals surface area contributed by atoms with Crippen LogP contribution in [0.15, 0.2) is 24.3 Å². The summed E-state index contributed by atoms with van der Waals surface area (Å²) in [6.45, 7) is 1.84. The van der Waals surface area contributed by atoms with Gasteiger partial charge in [-0.1, -0.05) is 19.1 Å². The minimum Gasteiger partial charge on any atom is -0.394 e. The number of carbonyl (C=O) groups excluding carboxylic acids is 1. The van der Waals surface area contributed by atoms with E-state index in [1.807, 2.05) is 6.92 Å². The quantitative estimate of drug-likeness (QED) is 0.721. The lowest BCUT2D eigenvalue weighted by Crippen LogP contribution is -2.36. The van der Waals surface area contributed by atoms with E-state index in [4.69, 9.17) is 5.11 Å². The van der Waals surface area contributed by atoms with Crippen molar-refractivity contribution in [2.45, 2.75) is 19.4 Å². The molecule has 0 bridgehead atoms.